The lowest BCUT2D eigenvalue weighted by molar-refractivity contribution is -0.139. The summed E-state index contributed by atoms with van der Waals surface area (Å²) in [5, 5.41) is 13.8. The van der Waals surface area contributed by atoms with Crippen molar-refractivity contribution in [3.63, 3.8) is 0 Å². The first-order valence-corrected chi connectivity index (χ1v) is 28.2. The Morgan fingerprint density at radius 1 is 0.560 bits per heavy atom. The van der Waals surface area contributed by atoms with Gasteiger partial charge in [-0.3, -0.25) is 28.8 Å². The predicted octanol–water partition coefficient (Wildman–Crippen LogP) is 7.40. The van der Waals surface area contributed by atoms with E-state index in [0.717, 1.165) is 98.9 Å². The quantitative estimate of drug-likeness (QED) is 0.0634. The van der Waals surface area contributed by atoms with Crippen LogP contribution in [0.1, 0.15) is 130 Å². The number of carbonyl (C=O) groups is 6. The maximum Gasteiger partial charge on any atom is 0.253 e. The monoisotopic (exact) mass is 1020 g/mol. The number of likely N-dealkylation sites (N-methyl/N-ethyl adjacent to an activating group) is 2. The summed E-state index contributed by atoms with van der Waals surface area (Å²) in [4.78, 5) is 92.2. The third kappa shape index (κ3) is 14.8. The van der Waals surface area contributed by atoms with Gasteiger partial charge < -0.3 is 40.9 Å². The Morgan fingerprint density at radius 3 is 1.40 bits per heavy atom. The molecule has 404 valence electrons. The topological polar surface area (TPSA) is 163 Å². The van der Waals surface area contributed by atoms with Crippen molar-refractivity contribution in [2.45, 2.75) is 141 Å². The van der Waals surface area contributed by atoms with Gasteiger partial charge in [-0.05, 0) is 143 Å². The third-order valence-electron chi connectivity index (χ3n) is 16.2. The number of hydrogen-bond acceptors (Lipinski definition) is 8. The highest BCUT2D eigenvalue weighted by atomic mass is 16.2. The van der Waals surface area contributed by atoms with E-state index in [1.54, 1.807) is 21.0 Å². The van der Waals surface area contributed by atoms with Crippen LogP contribution in [0.5, 0.6) is 0 Å². The molecule has 0 bridgehead atoms. The van der Waals surface area contributed by atoms with E-state index in [1.807, 2.05) is 106 Å². The maximum atomic E-state index is 14.8. The summed E-state index contributed by atoms with van der Waals surface area (Å²) in [6.07, 6.45) is 12.3. The molecule has 3 unspecified atom stereocenters. The Morgan fingerprint density at radius 2 is 0.987 bits per heavy atom. The van der Waals surface area contributed by atoms with Gasteiger partial charge >= 0.3 is 0 Å². The summed E-state index contributed by atoms with van der Waals surface area (Å²) in [5.41, 5.74) is 3.29. The van der Waals surface area contributed by atoms with Crippen LogP contribution in [-0.2, 0) is 32.0 Å². The molecule has 14 heteroatoms. The molecule has 0 aromatic heterocycles. The molecule has 0 radical (unpaired) electrons. The fourth-order valence-electron chi connectivity index (χ4n) is 11.9. The number of nitrogens with one attached hydrogen (secondary N) is 4. The van der Waals surface area contributed by atoms with Gasteiger partial charge in [0.1, 0.15) is 12.1 Å². The van der Waals surface area contributed by atoms with E-state index in [4.69, 9.17) is 0 Å². The van der Waals surface area contributed by atoms with Crippen molar-refractivity contribution in [2.24, 2.45) is 11.8 Å². The minimum Gasteiger partial charge on any atom is -0.343 e. The molecule has 5 atom stereocenters. The Hall–Kier alpha value is -6.12. The number of rotatable bonds is 22. The number of likely N-dealkylation sites (tertiary alicyclic amines) is 2. The number of nitrogens with zero attached hydrogens (tertiary/aromatic N) is 4. The van der Waals surface area contributed by atoms with Crippen molar-refractivity contribution in [1.82, 2.24) is 40.9 Å². The zero-order chi connectivity index (χ0) is 53.3. The highest BCUT2D eigenvalue weighted by Crippen LogP contribution is 2.33. The normalized spacial score (nSPS) is 19.0. The third-order valence-corrected chi connectivity index (χ3v) is 16.2. The van der Waals surface area contributed by atoms with Crippen molar-refractivity contribution in [1.29, 1.82) is 0 Å². The van der Waals surface area contributed by atoms with Crippen LogP contribution in [0.15, 0.2) is 97.1 Å². The first-order valence-electron chi connectivity index (χ1n) is 28.2. The highest BCUT2D eigenvalue weighted by Gasteiger charge is 2.42. The Bertz CT molecular complexity index is 2510. The number of hydrogen-bond donors (Lipinski definition) is 4. The summed E-state index contributed by atoms with van der Waals surface area (Å²) < 4.78 is 0. The molecule has 4 aromatic rings. The molecule has 4 aliphatic rings. The van der Waals surface area contributed by atoms with Crippen LogP contribution in [-0.4, -0.2) is 145 Å². The summed E-state index contributed by atoms with van der Waals surface area (Å²) in [6, 6.07) is 29.6. The molecule has 14 nitrogen and oxygen atoms in total. The van der Waals surface area contributed by atoms with Gasteiger partial charge in [-0.2, -0.15) is 0 Å². The van der Waals surface area contributed by atoms with Gasteiger partial charge in [-0.1, -0.05) is 112 Å². The fourth-order valence-corrected chi connectivity index (χ4v) is 11.9. The van der Waals surface area contributed by atoms with E-state index in [-0.39, 0.29) is 65.9 Å². The Labute approximate surface area is 446 Å². The lowest BCUT2D eigenvalue weighted by Gasteiger charge is -2.35. The van der Waals surface area contributed by atoms with E-state index in [9.17, 15) is 28.8 Å². The molecule has 4 N–H and O–H groups in total. The molecule has 6 amide bonds. The van der Waals surface area contributed by atoms with Gasteiger partial charge in [0.05, 0.1) is 12.6 Å². The minimum atomic E-state index is -0.599. The molecule has 2 heterocycles. The standard InChI is InChI=1S/C59H78N8O6.C2H6/c1-41(61-3)55(69)63-54(45-22-12-13-23-45)59(73)67-33-15-25-51(67)40-65(35-31-43-18-8-5-9-19-43)57(71)49-29-27-46-36-48(28-26-47(46)37-49)56(70)64(34-30-42-16-6-4-7-17-42)39-50-24-14-32-66(50)58(72)53(44-20-10-11-21-44)62-52(68)38-60-2;1-2/h4-9,16-19,26-29,36-37,41,44-45,50-51,53-54,60-61H,10-15,20-25,30-35,38-40H2,1-3H3,(H,62,68)(H,63,69);1-2H3/t41-,50-,51?,53?,54?;/m0./s1. The van der Waals surface area contributed by atoms with E-state index < -0.39 is 18.1 Å². The highest BCUT2D eigenvalue weighted by molar-refractivity contribution is 6.02. The maximum absolute atomic E-state index is 14.8. The summed E-state index contributed by atoms with van der Waals surface area (Å²) in [7, 11) is 3.47. The first-order chi connectivity index (χ1) is 36.5. The van der Waals surface area contributed by atoms with Crippen LogP contribution < -0.4 is 21.3 Å². The molecule has 2 aliphatic heterocycles. The summed E-state index contributed by atoms with van der Waals surface area (Å²) >= 11 is 0. The van der Waals surface area contributed by atoms with Gasteiger partial charge in [0, 0.05) is 62.5 Å². The fraction of sp³-hybridized carbons (Fsp3) is 0.541. The SMILES string of the molecule is CC.CNCC(=O)NC(C(=O)N1CCC[C@H]1CN(CCc1ccccc1)C(=O)c1ccc2cc(C(=O)N(CCc3ccccc3)CC3CCCN3C(=O)C(NC(=O)[C@H](C)NC)C3CCCC3)ccc2c1)C1CCCC1. The predicted molar refractivity (Wildman–Crippen MR) is 297 cm³/mol. The van der Waals surface area contributed by atoms with Gasteiger partial charge in [0.15, 0.2) is 0 Å². The van der Waals surface area contributed by atoms with Crippen molar-refractivity contribution in [3.8, 4) is 0 Å². The van der Waals surface area contributed by atoms with Gasteiger partial charge in [-0.25, -0.2) is 0 Å². The second-order valence-corrected chi connectivity index (χ2v) is 21.1. The van der Waals surface area contributed by atoms with Gasteiger partial charge in [-0.15, -0.1) is 0 Å². The average molecular weight is 1030 g/mol. The van der Waals surface area contributed by atoms with Crippen molar-refractivity contribution < 1.29 is 28.8 Å². The number of carbonyl (C=O) groups excluding carboxylic acids is 6. The number of benzene rings is 4. The van der Waals surface area contributed by atoms with Gasteiger partial charge in [0.2, 0.25) is 23.6 Å². The molecule has 75 heavy (non-hydrogen) atoms. The largest absolute Gasteiger partial charge is 0.343 e. The van der Waals surface area contributed by atoms with Crippen LogP contribution in [0.3, 0.4) is 0 Å². The smallest absolute Gasteiger partial charge is 0.253 e. The number of fused-ring (bicyclic) bond motifs is 1. The van der Waals surface area contributed by atoms with Crippen LogP contribution in [0.2, 0.25) is 0 Å². The molecule has 0 spiro atoms. The van der Waals surface area contributed by atoms with E-state index in [1.165, 1.54) is 0 Å². The number of amides is 6. The van der Waals surface area contributed by atoms with Crippen molar-refractivity contribution >= 4 is 46.2 Å². The molecular formula is C61H84N8O6. The zero-order valence-corrected chi connectivity index (χ0v) is 45.4. The summed E-state index contributed by atoms with van der Waals surface area (Å²) in [6.45, 7) is 8.78. The van der Waals surface area contributed by atoms with Crippen LogP contribution >= 0.6 is 0 Å². The minimum absolute atomic E-state index is 0.0496. The lowest BCUT2D eigenvalue weighted by atomic mass is 9.96. The van der Waals surface area contributed by atoms with Gasteiger partial charge in [0.25, 0.3) is 11.8 Å². The molecule has 8 rings (SSSR count). The van der Waals surface area contributed by atoms with Crippen molar-refractivity contribution in [3.05, 3.63) is 119 Å². The second-order valence-electron chi connectivity index (χ2n) is 21.1. The van der Waals surface area contributed by atoms with Crippen LogP contribution in [0, 0.1) is 11.8 Å². The Balaban J connectivity index is 0.00000405. The van der Waals surface area contributed by atoms with E-state index >= 15 is 0 Å². The zero-order valence-electron chi connectivity index (χ0n) is 45.4. The average Bonchev–Trinajstić information content (AvgIpc) is 4.32. The Kier molecular flexibility index (Phi) is 21.2. The van der Waals surface area contributed by atoms with Crippen LogP contribution in [0.4, 0.5) is 0 Å². The molecule has 2 aliphatic carbocycles. The van der Waals surface area contributed by atoms with Crippen LogP contribution in [0.25, 0.3) is 10.8 Å². The lowest BCUT2D eigenvalue weighted by Crippen LogP contribution is -2.57. The van der Waals surface area contributed by atoms with E-state index in [2.05, 4.69) is 45.5 Å². The van der Waals surface area contributed by atoms with E-state index in [0.29, 0.717) is 63.2 Å². The molecule has 2 saturated heterocycles. The molecule has 2 saturated carbocycles. The first kappa shape index (κ1) is 56.6. The molecule has 4 aromatic carbocycles. The summed E-state index contributed by atoms with van der Waals surface area (Å²) in [5.74, 6) is -0.542. The van der Waals surface area contributed by atoms with Crippen molar-refractivity contribution in [2.75, 3.05) is 59.9 Å². The second kappa shape index (κ2) is 28.1. The molecule has 4 fully saturated rings. The molecular weight excluding hydrogens is 941 g/mol.